The topological polar surface area (TPSA) is 40.7 Å². The zero-order valence-corrected chi connectivity index (χ0v) is 17.6. The molecule has 5 rings (SSSR count). The molecule has 0 saturated carbocycles. The highest BCUT2D eigenvalue weighted by Crippen LogP contribution is 2.28. The molecule has 0 radical (unpaired) electrons. The van der Waals surface area contributed by atoms with Crippen molar-refractivity contribution in [3.05, 3.63) is 89.2 Å². The van der Waals surface area contributed by atoms with Crippen molar-refractivity contribution in [3.8, 4) is 11.1 Å². The van der Waals surface area contributed by atoms with Crippen molar-refractivity contribution in [2.75, 3.05) is 0 Å². The summed E-state index contributed by atoms with van der Waals surface area (Å²) in [6.45, 7) is 0.306. The Morgan fingerprint density at radius 3 is 2.40 bits per heavy atom. The van der Waals surface area contributed by atoms with Gasteiger partial charge in [0.05, 0.1) is 17.4 Å². The van der Waals surface area contributed by atoms with E-state index in [1.807, 2.05) is 18.2 Å². The van der Waals surface area contributed by atoms with Crippen molar-refractivity contribution in [1.29, 1.82) is 0 Å². The molecular weight excluding hydrogens is 427 g/mol. The van der Waals surface area contributed by atoms with Gasteiger partial charge in [-0.25, -0.2) is 13.8 Å². The lowest BCUT2D eigenvalue weighted by Crippen LogP contribution is -2.29. The summed E-state index contributed by atoms with van der Waals surface area (Å²) in [4.78, 5) is 7.18. The van der Waals surface area contributed by atoms with Crippen molar-refractivity contribution in [1.82, 2.24) is 15.3 Å². The first-order valence-corrected chi connectivity index (χ1v) is 9.39. The van der Waals surface area contributed by atoms with E-state index in [1.54, 1.807) is 18.5 Å². The zero-order chi connectivity index (χ0) is 19.1. The normalized spacial score (nSPS) is 13.0. The summed E-state index contributed by atoms with van der Waals surface area (Å²) in [6.07, 6.45) is 3.42. The number of imidazole rings is 1. The molecule has 1 aliphatic rings. The number of halogens is 4. The smallest absolute Gasteiger partial charge is 0.131 e. The second-order valence-electron chi connectivity index (χ2n) is 7.31. The van der Waals surface area contributed by atoms with Gasteiger partial charge in [-0.3, -0.25) is 0 Å². The maximum Gasteiger partial charge on any atom is 0.131 e. The number of nitrogens with zero attached hydrogens (tertiary/aromatic N) is 1. The number of nitrogens with one attached hydrogen (secondary N) is 2. The molecule has 2 N–H and O–H groups in total. The molecule has 3 nitrogen and oxygen atoms in total. The van der Waals surface area contributed by atoms with E-state index in [-0.39, 0.29) is 36.4 Å². The molecule has 0 atom stereocenters. The van der Waals surface area contributed by atoms with E-state index in [0.29, 0.717) is 17.7 Å². The summed E-state index contributed by atoms with van der Waals surface area (Å²) < 4.78 is 29.4. The van der Waals surface area contributed by atoms with Crippen LogP contribution in [0.25, 0.3) is 22.2 Å². The fourth-order valence-corrected chi connectivity index (χ4v) is 4.00. The molecule has 0 spiro atoms. The predicted molar refractivity (Wildman–Crippen MR) is 120 cm³/mol. The molecule has 0 amide bonds. The summed E-state index contributed by atoms with van der Waals surface area (Å²) in [5.74, 6) is -0.829. The highest BCUT2D eigenvalue weighted by molar-refractivity contribution is 5.85. The van der Waals surface area contributed by atoms with Gasteiger partial charge >= 0.3 is 0 Å². The van der Waals surface area contributed by atoms with Crippen LogP contribution in [0.5, 0.6) is 0 Å². The van der Waals surface area contributed by atoms with Crippen LogP contribution < -0.4 is 5.32 Å². The van der Waals surface area contributed by atoms with Crippen molar-refractivity contribution in [2.45, 2.75) is 25.4 Å². The molecule has 156 valence electrons. The number of hydrogen-bond acceptors (Lipinski definition) is 2. The highest BCUT2D eigenvalue weighted by Gasteiger charge is 2.21. The molecular formula is C23H21Cl2F2N3. The molecule has 4 aromatic rings. The van der Waals surface area contributed by atoms with Crippen LogP contribution in [0.15, 0.2) is 60.9 Å². The molecule has 0 unspecified atom stereocenters. The van der Waals surface area contributed by atoms with E-state index >= 15 is 0 Å². The lowest BCUT2D eigenvalue weighted by Gasteiger charge is -2.14. The summed E-state index contributed by atoms with van der Waals surface area (Å²) in [5.41, 5.74) is 5.46. The van der Waals surface area contributed by atoms with E-state index in [9.17, 15) is 8.78 Å². The summed E-state index contributed by atoms with van der Waals surface area (Å²) >= 11 is 0. The number of hydrogen-bond donors (Lipinski definition) is 2. The number of rotatable bonds is 4. The summed E-state index contributed by atoms with van der Waals surface area (Å²) in [6, 6.07) is 16.5. The lowest BCUT2D eigenvalue weighted by atomic mass is 10.0. The Kier molecular flexibility index (Phi) is 6.76. The Morgan fingerprint density at radius 2 is 1.67 bits per heavy atom. The molecule has 30 heavy (non-hydrogen) atoms. The average molecular weight is 448 g/mol. The first kappa shape index (κ1) is 22.2. The Bertz CT molecular complexity index is 1150. The fraction of sp³-hybridized carbons (Fsp3) is 0.174. The second kappa shape index (κ2) is 9.13. The number of H-pyrrole nitrogens is 1. The molecule has 0 fully saturated rings. The molecule has 7 heteroatoms. The quantitative estimate of drug-likeness (QED) is 0.426. The predicted octanol–water partition coefficient (Wildman–Crippen LogP) is 5.61. The van der Waals surface area contributed by atoms with Crippen LogP contribution in [-0.2, 0) is 19.4 Å². The average Bonchev–Trinajstić information content (AvgIpc) is 3.33. The number of aromatic nitrogens is 2. The van der Waals surface area contributed by atoms with Crippen LogP contribution in [0.3, 0.4) is 0 Å². The Hall–Kier alpha value is -2.47. The third-order valence-corrected chi connectivity index (χ3v) is 5.50. The minimum Gasteiger partial charge on any atom is -0.345 e. The lowest BCUT2D eigenvalue weighted by molar-refractivity contribution is 0.511. The molecule has 1 heterocycles. The maximum atomic E-state index is 14.7. The minimum absolute atomic E-state index is 0. The molecule has 1 aromatic heterocycles. The van der Waals surface area contributed by atoms with Crippen molar-refractivity contribution < 1.29 is 8.78 Å². The number of fused-ring (bicyclic) bond motifs is 2. The Labute approximate surface area is 185 Å². The monoisotopic (exact) mass is 447 g/mol. The van der Waals surface area contributed by atoms with Gasteiger partial charge in [0, 0.05) is 23.7 Å². The fourth-order valence-electron chi connectivity index (χ4n) is 4.00. The van der Waals surface area contributed by atoms with Gasteiger partial charge in [0.25, 0.3) is 0 Å². The second-order valence-corrected chi connectivity index (χ2v) is 7.31. The van der Waals surface area contributed by atoms with E-state index in [2.05, 4.69) is 27.4 Å². The summed E-state index contributed by atoms with van der Waals surface area (Å²) in [5, 5.41) is 3.37. The first-order valence-electron chi connectivity index (χ1n) is 9.39. The minimum atomic E-state index is -0.428. The van der Waals surface area contributed by atoms with Crippen LogP contribution in [0, 0.1) is 11.6 Å². The first-order chi connectivity index (χ1) is 13.7. The zero-order valence-electron chi connectivity index (χ0n) is 16.0. The molecule has 0 bridgehead atoms. The third-order valence-electron chi connectivity index (χ3n) is 5.50. The highest BCUT2D eigenvalue weighted by atomic mass is 35.5. The molecule has 1 aliphatic carbocycles. The van der Waals surface area contributed by atoms with Gasteiger partial charge in [-0.1, -0.05) is 30.3 Å². The van der Waals surface area contributed by atoms with Crippen molar-refractivity contribution >= 4 is 35.8 Å². The van der Waals surface area contributed by atoms with Crippen LogP contribution in [-0.4, -0.2) is 16.0 Å². The standard InChI is InChI=1S/C23H19F2N3.2ClH/c24-20-11-19(16-5-6-22-23(10-16)28-13-27-22)21(25)9-17(20)12-26-18-7-14-3-1-2-4-15(14)8-18;;/h1-6,9-11,13,18,26H,7-8,12H2,(H,27,28);2*1H. The van der Waals surface area contributed by atoms with E-state index in [4.69, 9.17) is 0 Å². The van der Waals surface area contributed by atoms with Crippen molar-refractivity contribution in [2.24, 2.45) is 0 Å². The van der Waals surface area contributed by atoms with Gasteiger partial charge in [-0.15, -0.1) is 24.8 Å². The molecule has 0 aliphatic heterocycles. The van der Waals surface area contributed by atoms with Gasteiger partial charge in [-0.2, -0.15) is 0 Å². The number of benzene rings is 3. The van der Waals surface area contributed by atoms with E-state index < -0.39 is 11.6 Å². The van der Waals surface area contributed by atoms with E-state index in [0.717, 1.165) is 23.9 Å². The third kappa shape index (κ3) is 4.19. The van der Waals surface area contributed by atoms with Gasteiger partial charge in [0.1, 0.15) is 11.6 Å². The van der Waals surface area contributed by atoms with Gasteiger partial charge in [-0.05, 0) is 53.8 Å². The number of aromatic amines is 1. The SMILES string of the molecule is Cl.Cl.Fc1cc(-c2ccc3[nH]cnc3c2)c(F)cc1CNC1Cc2ccccc2C1. The van der Waals surface area contributed by atoms with Gasteiger partial charge in [0.15, 0.2) is 0 Å². The Morgan fingerprint density at radius 1 is 0.933 bits per heavy atom. The van der Waals surface area contributed by atoms with Crippen LogP contribution in [0.2, 0.25) is 0 Å². The molecule has 3 aromatic carbocycles. The van der Waals surface area contributed by atoms with Crippen LogP contribution >= 0.6 is 24.8 Å². The molecule has 0 saturated heterocycles. The summed E-state index contributed by atoms with van der Waals surface area (Å²) in [7, 11) is 0. The van der Waals surface area contributed by atoms with Crippen LogP contribution in [0.1, 0.15) is 16.7 Å². The van der Waals surface area contributed by atoms with Crippen molar-refractivity contribution in [3.63, 3.8) is 0 Å². The van der Waals surface area contributed by atoms with Gasteiger partial charge < -0.3 is 10.3 Å². The maximum absolute atomic E-state index is 14.7. The largest absolute Gasteiger partial charge is 0.345 e. The van der Waals surface area contributed by atoms with Crippen LogP contribution in [0.4, 0.5) is 8.78 Å². The Balaban J connectivity index is 0.00000128. The van der Waals surface area contributed by atoms with Gasteiger partial charge in [0.2, 0.25) is 0 Å². The van der Waals surface area contributed by atoms with E-state index in [1.165, 1.54) is 23.3 Å².